The molecule has 0 heterocycles. The predicted octanol–water partition coefficient (Wildman–Crippen LogP) is 3.07. The zero-order chi connectivity index (χ0) is 9.97. The van der Waals surface area contributed by atoms with Gasteiger partial charge in [-0.15, -0.1) is 6.58 Å². The van der Waals surface area contributed by atoms with E-state index in [2.05, 4.69) is 12.6 Å². The Bertz CT molecular complexity index is 472. The minimum atomic E-state index is 0.216. The summed E-state index contributed by atoms with van der Waals surface area (Å²) in [5, 5.41) is 11.5. The lowest BCUT2D eigenvalue weighted by Gasteiger charge is -2.05. The van der Waals surface area contributed by atoms with Crippen LogP contribution in [0.1, 0.15) is 5.56 Å². The molecule has 0 spiro atoms. The normalized spacial score (nSPS) is 10.3. The molecular formula is C13H11O. The van der Waals surface area contributed by atoms with Crippen LogP contribution in [0.4, 0.5) is 0 Å². The van der Waals surface area contributed by atoms with Gasteiger partial charge in [0.15, 0.2) is 0 Å². The molecule has 1 radical (unpaired) electrons. The van der Waals surface area contributed by atoms with Crippen LogP contribution >= 0.6 is 0 Å². The molecule has 1 N–H and O–H groups in total. The zero-order valence-corrected chi connectivity index (χ0v) is 7.83. The third-order valence-corrected chi connectivity index (χ3v) is 2.28. The van der Waals surface area contributed by atoms with E-state index in [0.717, 1.165) is 22.8 Å². The van der Waals surface area contributed by atoms with Crippen molar-refractivity contribution >= 4 is 10.8 Å². The summed E-state index contributed by atoms with van der Waals surface area (Å²) in [7, 11) is 0. The van der Waals surface area contributed by atoms with E-state index >= 15 is 0 Å². The van der Waals surface area contributed by atoms with Gasteiger partial charge >= 0.3 is 0 Å². The van der Waals surface area contributed by atoms with E-state index < -0.39 is 0 Å². The molecule has 0 aromatic heterocycles. The van der Waals surface area contributed by atoms with E-state index in [-0.39, 0.29) is 5.75 Å². The predicted molar refractivity (Wildman–Crippen MR) is 58.3 cm³/mol. The van der Waals surface area contributed by atoms with Crippen LogP contribution in [0.3, 0.4) is 0 Å². The summed E-state index contributed by atoms with van der Waals surface area (Å²) in [5.41, 5.74) is 1.15. The Hall–Kier alpha value is -1.76. The molecule has 0 amide bonds. The van der Waals surface area contributed by atoms with Crippen LogP contribution in [0, 0.1) is 6.07 Å². The molecule has 69 valence electrons. The Labute approximate surface area is 83.3 Å². The third-order valence-electron chi connectivity index (χ3n) is 2.28. The number of rotatable bonds is 2. The van der Waals surface area contributed by atoms with Crippen molar-refractivity contribution in [1.82, 2.24) is 0 Å². The lowest BCUT2D eigenvalue weighted by molar-refractivity contribution is 0.480. The van der Waals surface area contributed by atoms with Crippen LogP contribution in [-0.2, 0) is 6.42 Å². The van der Waals surface area contributed by atoms with Crippen molar-refractivity contribution in [2.24, 2.45) is 0 Å². The number of phenols is 1. The van der Waals surface area contributed by atoms with Crippen molar-refractivity contribution in [3.8, 4) is 5.75 Å². The molecule has 2 rings (SSSR count). The van der Waals surface area contributed by atoms with E-state index in [1.165, 1.54) is 0 Å². The Kier molecular flexibility index (Phi) is 2.23. The molecule has 1 heteroatoms. The van der Waals surface area contributed by atoms with Gasteiger partial charge in [-0.1, -0.05) is 30.3 Å². The maximum Gasteiger partial charge on any atom is 0.131 e. The maximum atomic E-state index is 9.58. The zero-order valence-electron chi connectivity index (χ0n) is 7.83. The van der Waals surface area contributed by atoms with Gasteiger partial charge in [-0.05, 0) is 23.4 Å². The van der Waals surface area contributed by atoms with Gasteiger partial charge in [-0.3, -0.25) is 0 Å². The highest BCUT2D eigenvalue weighted by atomic mass is 16.3. The Morgan fingerprint density at radius 2 is 2.00 bits per heavy atom. The summed E-state index contributed by atoms with van der Waals surface area (Å²) in [6.45, 7) is 3.71. The molecule has 2 aromatic carbocycles. The number of benzene rings is 2. The van der Waals surface area contributed by atoms with Gasteiger partial charge in [-0.25, -0.2) is 0 Å². The van der Waals surface area contributed by atoms with Gasteiger partial charge < -0.3 is 5.11 Å². The van der Waals surface area contributed by atoms with E-state index in [1.807, 2.05) is 36.4 Å². The van der Waals surface area contributed by atoms with Crippen molar-refractivity contribution < 1.29 is 5.11 Å². The number of hydrogen-bond donors (Lipinski definition) is 1. The number of aromatic hydroxyl groups is 1. The van der Waals surface area contributed by atoms with Crippen LogP contribution in [-0.4, -0.2) is 5.11 Å². The average Bonchev–Trinajstić information content (AvgIpc) is 2.23. The summed E-state index contributed by atoms with van der Waals surface area (Å²) in [5.74, 6) is 0.216. The largest absolute Gasteiger partial charge is 0.507 e. The van der Waals surface area contributed by atoms with Crippen LogP contribution < -0.4 is 0 Å². The van der Waals surface area contributed by atoms with Gasteiger partial charge in [0.2, 0.25) is 0 Å². The van der Waals surface area contributed by atoms with Gasteiger partial charge in [0, 0.05) is 11.5 Å². The molecule has 0 saturated carbocycles. The Balaban J connectivity index is 2.74. The molecule has 0 aliphatic rings. The summed E-state index contributed by atoms with van der Waals surface area (Å²) in [6, 6.07) is 12.4. The highest BCUT2D eigenvalue weighted by molar-refractivity contribution is 5.90. The van der Waals surface area contributed by atoms with Crippen LogP contribution in [0.5, 0.6) is 5.75 Å². The smallest absolute Gasteiger partial charge is 0.131 e. The number of allylic oxidation sites excluding steroid dienone is 1. The standard InChI is InChI=1S/C13H11O/c1-2-5-10-8-9-13(14)12-7-4-3-6-11(10)12/h2-4,6-8,14H,1,5H2. The molecule has 2 aromatic rings. The van der Waals surface area contributed by atoms with Crippen molar-refractivity contribution in [2.45, 2.75) is 6.42 Å². The Morgan fingerprint density at radius 3 is 2.71 bits per heavy atom. The first-order chi connectivity index (χ1) is 6.83. The minimum Gasteiger partial charge on any atom is -0.507 e. The fraction of sp³-hybridized carbons (Fsp3) is 0.0769. The fourth-order valence-corrected chi connectivity index (χ4v) is 1.60. The second-order valence-corrected chi connectivity index (χ2v) is 3.20. The van der Waals surface area contributed by atoms with Gasteiger partial charge in [-0.2, -0.15) is 0 Å². The fourth-order valence-electron chi connectivity index (χ4n) is 1.60. The van der Waals surface area contributed by atoms with Gasteiger partial charge in [0.1, 0.15) is 5.75 Å². The molecule has 0 unspecified atom stereocenters. The maximum absolute atomic E-state index is 9.58. The van der Waals surface area contributed by atoms with Crippen LogP contribution in [0.2, 0.25) is 0 Å². The first-order valence-corrected chi connectivity index (χ1v) is 4.55. The van der Waals surface area contributed by atoms with Crippen LogP contribution in [0.15, 0.2) is 43.0 Å². The third kappa shape index (κ3) is 1.37. The molecule has 1 nitrogen and oxygen atoms in total. The highest BCUT2D eigenvalue weighted by Crippen LogP contribution is 2.27. The topological polar surface area (TPSA) is 20.2 Å². The first-order valence-electron chi connectivity index (χ1n) is 4.55. The summed E-state index contributed by atoms with van der Waals surface area (Å²) in [4.78, 5) is 0. The monoisotopic (exact) mass is 183 g/mol. The molecule has 0 bridgehead atoms. The van der Waals surface area contributed by atoms with E-state index in [1.54, 1.807) is 0 Å². The van der Waals surface area contributed by atoms with Gasteiger partial charge in [0.25, 0.3) is 0 Å². The van der Waals surface area contributed by atoms with Crippen molar-refractivity contribution in [3.63, 3.8) is 0 Å². The molecule has 14 heavy (non-hydrogen) atoms. The summed E-state index contributed by atoms with van der Waals surface area (Å²) in [6.07, 6.45) is 2.66. The quantitative estimate of drug-likeness (QED) is 0.709. The molecule has 0 aliphatic heterocycles. The lowest BCUT2D eigenvalue weighted by atomic mass is 10.0. The molecule has 0 aliphatic carbocycles. The number of hydrogen-bond acceptors (Lipinski definition) is 1. The number of fused-ring (bicyclic) bond motifs is 1. The average molecular weight is 183 g/mol. The second-order valence-electron chi connectivity index (χ2n) is 3.20. The molecular weight excluding hydrogens is 172 g/mol. The van der Waals surface area contributed by atoms with Crippen molar-refractivity contribution in [2.75, 3.05) is 0 Å². The minimum absolute atomic E-state index is 0.216. The highest BCUT2D eigenvalue weighted by Gasteiger charge is 2.02. The van der Waals surface area contributed by atoms with E-state index in [0.29, 0.717) is 0 Å². The van der Waals surface area contributed by atoms with Crippen LogP contribution in [0.25, 0.3) is 10.8 Å². The molecule has 0 saturated heterocycles. The number of phenolic OH excluding ortho intramolecular Hbond substituents is 1. The summed E-state index contributed by atoms with van der Waals surface area (Å²) >= 11 is 0. The summed E-state index contributed by atoms with van der Waals surface area (Å²) < 4.78 is 0. The van der Waals surface area contributed by atoms with Crippen molar-refractivity contribution in [1.29, 1.82) is 0 Å². The molecule has 0 atom stereocenters. The van der Waals surface area contributed by atoms with E-state index in [4.69, 9.17) is 0 Å². The van der Waals surface area contributed by atoms with Gasteiger partial charge in [0.05, 0.1) is 0 Å². The van der Waals surface area contributed by atoms with Crippen molar-refractivity contribution in [3.05, 3.63) is 54.6 Å². The van der Waals surface area contributed by atoms with E-state index in [9.17, 15) is 5.11 Å². The Morgan fingerprint density at radius 1 is 1.29 bits per heavy atom. The molecule has 0 fully saturated rings. The lowest BCUT2D eigenvalue weighted by Crippen LogP contribution is -1.84. The SMILES string of the molecule is C=CCc1c[c]c(O)c2ccccc12. The second kappa shape index (κ2) is 3.54. The first kappa shape index (κ1) is 8.82.